The second kappa shape index (κ2) is 8.96. The Kier molecular flexibility index (Phi) is 5.89. The predicted molar refractivity (Wildman–Crippen MR) is 129 cm³/mol. The molecule has 6 nitrogen and oxygen atoms in total. The van der Waals surface area contributed by atoms with Gasteiger partial charge < -0.3 is 9.73 Å². The number of anilines is 1. The molecule has 1 aliphatic carbocycles. The van der Waals surface area contributed by atoms with Crippen molar-refractivity contribution in [3.8, 4) is 0 Å². The molecular formula is C24H23N3O3S2. The molecule has 164 valence electrons. The van der Waals surface area contributed by atoms with Crippen LogP contribution in [0.2, 0.25) is 0 Å². The SMILES string of the molecule is Cc1ccc(NC(=O)CSc2nc3sc4c(c3c(=O)n2Cc2ccco2)CCCC4)cc1. The van der Waals surface area contributed by atoms with Crippen molar-refractivity contribution in [3.05, 3.63) is 74.8 Å². The summed E-state index contributed by atoms with van der Waals surface area (Å²) in [6.07, 6.45) is 5.79. The lowest BCUT2D eigenvalue weighted by Gasteiger charge is -2.13. The molecule has 8 heteroatoms. The summed E-state index contributed by atoms with van der Waals surface area (Å²) in [5, 5.41) is 4.18. The summed E-state index contributed by atoms with van der Waals surface area (Å²) in [6.45, 7) is 2.30. The number of carbonyl (C=O) groups excluding carboxylic acids is 1. The molecule has 0 radical (unpaired) electrons. The third kappa shape index (κ3) is 4.25. The lowest BCUT2D eigenvalue weighted by atomic mass is 9.97. The zero-order valence-electron chi connectivity index (χ0n) is 17.7. The molecule has 32 heavy (non-hydrogen) atoms. The molecule has 0 saturated carbocycles. The van der Waals surface area contributed by atoms with Gasteiger partial charge in [-0.2, -0.15) is 0 Å². The number of rotatable bonds is 6. The van der Waals surface area contributed by atoms with Crippen molar-refractivity contribution in [2.24, 2.45) is 0 Å². The van der Waals surface area contributed by atoms with E-state index in [0.29, 0.717) is 17.5 Å². The zero-order valence-corrected chi connectivity index (χ0v) is 19.4. The van der Waals surface area contributed by atoms with Gasteiger partial charge in [-0.3, -0.25) is 14.2 Å². The van der Waals surface area contributed by atoms with Gasteiger partial charge in [-0.05, 0) is 62.4 Å². The lowest BCUT2D eigenvalue weighted by Crippen LogP contribution is -2.25. The molecule has 1 N–H and O–H groups in total. The molecule has 0 unspecified atom stereocenters. The summed E-state index contributed by atoms with van der Waals surface area (Å²) < 4.78 is 7.14. The lowest BCUT2D eigenvalue weighted by molar-refractivity contribution is -0.113. The van der Waals surface area contributed by atoms with E-state index in [1.54, 1.807) is 28.2 Å². The summed E-state index contributed by atoms with van der Waals surface area (Å²) in [5.41, 5.74) is 3.00. The average Bonchev–Trinajstić information content (AvgIpc) is 3.43. The van der Waals surface area contributed by atoms with Crippen LogP contribution in [0.5, 0.6) is 0 Å². The average molecular weight is 466 g/mol. The molecule has 3 aromatic heterocycles. The van der Waals surface area contributed by atoms with Crippen molar-refractivity contribution in [1.29, 1.82) is 0 Å². The summed E-state index contributed by atoms with van der Waals surface area (Å²) in [7, 11) is 0. The third-order valence-corrected chi connectivity index (χ3v) is 7.76. The minimum atomic E-state index is -0.136. The van der Waals surface area contributed by atoms with E-state index in [-0.39, 0.29) is 17.2 Å². The number of aryl methyl sites for hydroxylation is 3. The maximum Gasteiger partial charge on any atom is 0.263 e. The van der Waals surface area contributed by atoms with Crippen LogP contribution in [0.1, 0.15) is 34.6 Å². The number of furan rings is 1. The van der Waals surface area contributed by atoms with Crippen LogP contribution in [0.3, 0.4) is 0 Å². The van der Waals surface area contributed by atoms with Crippen molar-refractivity contribution in [2.75, 3.05) is 11.1 Å². The van der Waals surface area contributed by atoms with Gasteiger partial charge in [0.1, 0.15) is 10.6 Å². The Morgan fingerprint density at radius 2 is 2.03 bits per heavy atom. The Morgan fingerprint density at radius 3 is 2.81 bits per heavy atom. The van der Waals surface area contributed by atoms with E-state index in [1.165, 1.54) is 16.6 Å². The molecule has 3 heterocycles. The van der Waals surface area contributed by atoms with Crippen molar-refractivity contribution >= 4 is 44.9 Å². The van der Waals surface area contributed by atoms with E-state index < -0.39 is 0 Å². The standard InChI is InChI=1S/C24H23N3O3S2/c1-15-8-10-16(11-9-15)25-20(28)14-31-24-26-22-21(18-6-2-3-7-19(18)32-22)23(29)27(24)13-17-5-4-12-30-17/h4-5,8-12H,2-3,6-7,13-14H2,1H3,(H,25,28). The van der Waals surface area contributed by atoms with Crippen molar-refractivity contribution < 1.29 is 9.21 Å². The van der Waals surface area contributed by atoms with Gasteiger partial charge in [0.25, 0.3) is 5.56 Å². The molecule has 0 aliphatic heterocycles. The molecule has 5 rings (SSSR count). The molecule has 4 aromatic rings. The van der Waals surface area contributed by atoms with Gasteiger partial charge in [-0.15, -0.1) is 11.3 Å². The fourth-order valence-corrected chi connectivity index (χ4v) is 6.09. The smallest absolute Gasteiger partial charge is 0.263 e. The van der Waals surface area contributed by atoms with Crippen LogP contribution >= 0.6 is 23.1 Å². The Hall–Kier alpha value is -2.84. The molecule has 0 fully saturated rings. The van der Waals surface area contributed by atoms with Crippen LogP contribution in [0, 0.1) is 6.92 Å². The molecular weight excluding hydrogens is 442 g/mol. The zero-order chi connectivity index (χ0) is 22.1. The molecule has 0 atom stereocenters. The highest BCUT2D eigenvalue weighted by atomic mass is 32.2. The first-order valence-corrected chi connectivity index (χ1v) is 12.5. The van der Waals surface area contributed by atoms with Gasteiger partial charge in [0.05, 0.1) is 23.9 Å². The summed E-state index contributed by atoms with van der Waals surface area (Å²) in [6, 6.07) is 11.3. The van der Waals surface area contributed by atoms with E-state index in [0.717, 1.165) is 52.7 Å². The van der Waals surface area contributed by atoms with Gasteiger partial charge >= 0.3 is 0 Å². The maximum absolute atomic E-state index is 13.6. The maximum atomic E-state index is 13.6. The Labute approximate surface area is 193 Å². The largest absolute Gasteiger partial charge is 0.467 e. The second-order valence-corrected chi connectivity index (χ2v) is 9.99. The van der Waals surface area contributed by atoms with Gasteiger partial charge in [0.15, 0.2) is 5.16 Å². The monoisotopic (exact) mass is 465 g/mol. The van der Waals surface area contributed by atoms with Crippen molar-refractivity contribution in [1.82, 2.24) is 9.55 Å². The Bertz CT molecular complexity index is 1320. The van der Waals surface area contributed by atoms with E-state index >= 15 is 0 Å². The number of hydrogen-bond donors (Lipinski definition) is 1. The summed E-state index contributed by atoms with van der Waals surface area (Å²) in [5.74, 6) is 0.709. The molecule has 1 amide bonds. The number of benzene rings is 1. The number of hydrogen-bond acceptors (Lipinski definition) is 6. The van der Waals surface area contributed by atoms with Crippen LogP contribution in [0.15, 0.2) is 57.0 Å². The van der Waals surface area contributed by atoms with Crippen molar-refractivity contribution in [3.63, 3.8) is 0 Å². The normalized spacial score (nSPS) is 13.3. The summed E-state index contributed by atoms with van der Waals surface area (Å²) in [4.78, 5) is 33.0. The Balaban J connectivity index is 1.45. The van der Waals surface area contributed by atoms with E-state index in [4.69, 9.17) is 9.40 Å². The van der Waals surface area contributed by atoms with Gasteiger partial charge in [0, 0.05) is 10.6 Å². The summed E-state index contributed by atoms with van der Waals surface area (Å²) >= 11 is 2.90. The number of nitrogens with zero attached hydrogens (tertiary/aromatic N) is 2. The topological polar surface area (TPSA) is 77.1 Å². The van der Waals surface area contributed by atoms with Crippen LogP contribution in [0.4, 0.5) is 5.69 Å². The fraction of sp³-hybridized carbons (Fsp3) is 0.292. The van der Waals surface area contributed by atoms with Gasteiger partial charge in [0.2, 0.25) is 5.91 Å². The number of carbonyl (C=O) groups is 1. The molecule has 0 bridgehead atoms. The number of nitrogens with one attached hydrogen (secondary N) is 1. The Morgan fingerprint density at radius 1 is 1.22 bits per heavy atom. The molecule has 1 aliphatic rings. The quantitative estimate of drug-likeness (QED) is 0.320. The van der Waals surface area contributed by atoms with Crippen LogP contribution < -0.4 is 10.9 Å². The third-order valence-electron chi connectivity index (χ3n) is 5.60. The number of thiophene rings is 1. The van der Waals surface area contributed by atoms with Crippen LogP contribution in [-0.4, -0.2) is 21.2 Å². The predicted octanol–water partition coefficient (Wildman–Crippen LogP) is 5.02. The van der Waals surface area contributed by atoms with Crippen LogP contribution in [-0.2, 0) is 24.2 Å². The van der Waals surface area contributed by atoms with Crippen molar-refractivity contribution in [2.45, 2.75) is 44.3 Å². The fourth-order valence-electron chi connectivity index (χ4n) is 3.99. The number of fused-ring (bicyclic) bond motifs is 3. The highest BCUT2D eigenvalue weighted by Gasteiger charge is 2.23. The first kappa shape index (κ1) is 21.0. The minimum Gasteiger partial charge on any atom is -0.467 e. The first-order valence-electron chi connectivity index (χ1n) is 10.7. The van der Waals surface area contributed by atoms with Gasteiger partial charge in [-0.1, -0.05) is 29.5 Å². The van der Waals surface area contributed by atoms with Gasteiger partial charge in [-0.25, -0.2) is 4.98 Å². The molecule has 0 spiro atoms. The van der Waals surface area contributed by atoms with E-state index in [2.05, 4.69) is 5.32 Å². The molecule has 1 aromatic carbocycles. The number of aromatic nitrogens is 2. The highest BCUT2D eigenvalue weighted by molar-refractivity contribution is 7.99. The number of thioether (sulfide) groups is 1. The molecule has 0 saturated heterocycles. The van der Waals surface area contributed by atoms with E-state index in [1.807, 2.05) is 37.3 Å². The first-order chi connectivity index (χ1) is 15.6. The highest BCUT2D eigenvalue weighted by Crippen LogP contribution is 2.34. The van der Waals surface area contributed by atoms with E-state index in [9.17, 15) is 9.59 Å². The van der Waals surface area contributed by atoms with Crippen LogP contribution in [0.25, 0.3) is 10.2 Å². The second-order valence-electron chi connectivity index (χ2n) is 7.96. The minimum absolute atomic E-state index is 0.0488. The number of amides is 1.